The lowest BCUT2D eigenvalue weighted by Crippen LogP contribution is -2.40. The number of ether oxygens (including phenoxy) is 1. The van der Waals surface area contributed by atoms with Gasteiger partial charge in [0.1, 0.15) is 16.5 Å². The van der Waals surface area contributed by atoms with Gasteiger partial charge in [0, 0.05) is 25.8 Å². The predicted octanol–water partition coefficient (Wildman–Crippen LogP) is 2.19. The summed E-state index contributed by atoms with van der Waals surface area (Å²) in [6, 6.07) is 7.23. The Bertz CT molecular complexity index is 814. The van der Waals surface area contributed by atoms with E-state index in [1.54, 1.807) is 18.4 Å². The minimum Gasteiger partial charge on any atom is -0.468 e. The molecule has 2 aromatic heterocycles. The van der Waals surface area contributed by atoms with Crippen LogP contribution in [0.1, 0.15) is 25.6 Å². The fourth-order valence-corrected chi connectivity index (χ4v) is 4.68. The summed E-state index contributed by atoms with van der Waals surface area (Å²) in [6.45, 7) is 8.22. The molecule has 1 unspecified atom stereocenters. The van der Waals surface area contributed by atoms with E-state index >= 15 is 0 Å². The van der Waals surface area contributed by atoms with Gasteiger partial charge in [0.15, 0.2) is 0 Å². The zero-order valence-corrected chi connectivity index (χ0v) is 17.2. The summed E-state index contributed by atoms with van der Waals surface area (Å²) < 4.78 is 37.6. The molecule has 1 aliphatic heterocycles. The van der Waals surface area contributed by atoms with Gasteiger partial charge in [0.05, 0.1) is 25.5 Å². The number of rotatable bonds is 9. The molecule has 9 heteroatoms. The molecule has 1 atom stereocenters. The van der Waals surface area contributed by atoms with Gasteiger partial charge in [-0.05, 0) is 37.4 Å². The van der Waals surface area contributed by atoms with Crippen LogP contribution in [0.3, 0.4) is 0 Å². The molecule has 1 saturated heterocycles. The molecule has 0 spiro atoms. The van der Waals surface area contributed by atoms with Crippen molar-refractivity contribution in [2.45, 2.75) is 24.8 Å². The smallest absolute Gasteiger partial charge is 0.244 e. The van der Waals surface area contributed by atoms with Gasteiger partial charge in [-0.3, -0.25) is 4.90 Å². The van der Waals surface area contributed by atoms with E-state index in [-0.39, 0.29) is 10.9 Å². The standard InChI is InChI=1S/C19H28N4O4S/c1-3-22(4-2)17(18-6-5-11-27-18)15-21-19-8-7-16(14-20-19)28(24,25)23-9-12-26-13-10-23/h5-8,11,14,17H,3-4,9-10,12-13,15H2,1-2H3,(H,20,21). The third-order valence-corrected chi connectivity index (χ3v) is 6.83. The lowest BCUT2D eigenvalue weighted by atomic mass is 10.2. The average molecular weight is 409 g/mol. The maximum Gasteiger partial charge on any atom is 0.244 e. The monoisotopic (exact) mass is 408 g/mol. The Hall–Kier alpha value is -1.94. The molecule has 28 heavy (non-hydrogen) atoms. The molecule has 0 aliphatic carbocycles. The third-order valence-electron chi connectivity index (χ3n) is 4.95. The Morgan fingerprint density at radius 2 is 1.96 bits per heavy atom. The number of anilines is 1. The summed E-state index contributed by atoms with van der Waals surface area (Å²) in [5.41, 5.74) is 0. The molecule has 154 valence electrons. The van der Waals surface area contributed by atoms with Crippen LogP contribution in [-0.2, 0) is 14.8 Å². The molecule has 2 aromatic rings. The van der Waals surface area contributed by atoms with Crippen molar-refractivity contribution in [3.8, 4) is 0 Å². The van der Waals surface area contributed by atoms with Crippen molar-refractivity contribution >= 4 is 15.8 Å². The van der Waals surface area contributed by atoms with Crippen molar-refractivity contribution in [1.29, 1.82) is 0 Å². The van der Waals surface area contributed by atoms with Crippen LogP contribution in [0, 0.1) is 0 Å². The van der Waals surface area contributed by atoms with Gasteiger partial charge in [-0.2, -0.15) is 4.31 Å². The van der Waals surface area contributed by atoms with Crippen LogP contribution in [0.5, 0.6) is 0 Å². The molecule has 0 saturated carbocycles. The Balaban J connectivity index is 1.68. The molecule has 3 rings (SSSR count). The summed E-state index contributed by atoms with van der Waals surface area (Å²) in [5, 5.41) is 3.30. The zero-order chi connectivity index (χ0) is 20.0. The quantitative estimate of drug-likeness (QED) is 0.680. The highest BCUT2D eigenvalue weighted by atomic mass is 32.2. The predicted molar refractivity (Wildman–Crippen MR) is 107 cm³/mol. The minimum absolute atomic E-state index is 0.0727. The first-order valence-corrected chi connectivity index (χ1v) is 11.1. The summed E-state index contributed by atoms with van der Waals surface area (Å²) in [5.74, 6) is 1.52. The average Bonchev–Trinajstić information content (AvgIpc) is 3.26. The van der Waals surface area contributed by atoms with Gasteiger partial charge in [-0.15, -0.1) is 0 Å². The molecule has 1 fully saturated rings. The number of likely N-dealkylation sites (N-methyl/N-ethyl adjacent to an activating group) is 1. The van der Waals surface area contributed by atoms with Crippen molar-refractivity contribution in [3.05, 3.63) is 42.5 Å². The van der Waals surface area contributed by atoms with E-state index in [0.717, 1.165) is 18.8 Å². The second-order valence-corrected chi connectivity index (χ2v) is 8.47. The Kier molecular flexibility index (Phi) is 7.06. The Labute approximate surface area is 166 Å². The lowest BCUT2D eigenvalue weighted by molar-refractivity contribution is 0.0730. The van der Waals surface area contributed by atoms with Gasteiger partial charge >= 0.3 is 0 Å². The second-order valence-electron chi connectivity index (χ2n) is 6.53. The second kappa shape index (κ2) is 9.51. The summed E-state index contributed by atoms with van der Waals surface area (Å²) in [4.78, 5) is 6.80. The van der Waals surface area contributed by atoms with E-state index in [0.29, 0.717) is 38.7 Å². The minimum atomic E-state index is -3.53. The molecule has 8 nitrogen and oxygen atoms in total. The highest BCUT2D eigenvalue weighted by Crippen LogP contribution is 2.22. The van der Waals surface area contributed by atoms with Crippen LogP contribution in [0.15, 0.2) is 46.0 Å². The molecule has 1 aliphatic rings. The van der Waals surface area contributed by atoms with Crippen LogP contribution in [-0.4, -0.2) is 68.5 Å². The van der Waals surface area contributed by atoms with Crippen LogP contribution >= 0.6 is 0 Å². The largest absolute Gasteiger partial charge is 0.468 e. The van der Waals surface area contributed by atoms with Crippen molar-refractivity contribution in [2.75, 3.05) is 51.3 Å². The van der Waals surface area contributed by atoms with Gasteiger partial charge in [-0.25, -0.2) is 13.4 Å². The maximum atomic E-state index is 12.7. The molecule has 1 N–H and O–H groups in total. The van der Waals surface area contributed by atoms with Crippen molar-refractivity contribution in [2.24, 2.45) is 0 Å². The first-order chi connectivity index (χ1) is 13.6. The van der Waals surface area contributed by atoms with Crippen molar-refractivity contribution in [3.63, 3.8) is 0 Å². The SMILES string of the molecule is CCN(CC)C(CNc1ccc(S(=O)(=O)N2CCOCC2)cn1)c1ccco1. The fraction of sp³-hybridized carbons (Fsp3) is 0.526. The molecular formula is C19H28N4O4S. The van der Waals surface area contributed by atoms with E-state index < -0.39 is 10.0 Å². The number of pyridine rings is 1. The lowest BCUT2D eigenvalue weighted by Gasteiger charge is -2.28. The van der Waals surface area contributed by atoms with E-state index in [1.807, 2.05) is 12.1 Å². The van der Waals surface area contributed by atoms with E-state index in [4.69, 9.17) is 9.15 Å². The number of furan rings is 1. The fourth-order valence-electron chi connectivity index (χ4n) is 3.33. The number of aromatic nitrogens is 1. The molecule has 0 amide bonds. The molecule has 0 radical (unpaired) electrons. The molecule has 3 heterocycles. The van der Waals surface area contributed by atoms with E-state index in [2.05, 4.69) is 29.0 Å². The zero-order valence-electron chi connectivity index (χ0n) is 16.4. The highest BCUT2D eigenvalue weighted by Gasteiger charge is 2.26. The normalized spacial score (nSPS) is 17.0. The highest BCUT2D eigenvalue weighted by molar-refractivity contribution is 7.89. The van der Waals surface area contributed by atoms with Crippen LogP contribution in [0.25, 0.3) is 0 Å². The molecule has 0 aromatic carbocycles. The number of nitrogens with one attached hydrogen (secondary N) is 1. The number of sulfonamides is 1. The molecule has 0 bridgehead atoms. The van der Waals surface area contributed by atoms with Crippen molar-refractivity contribution in [1.82, 2.24) is 14.2 Å². The van der Waals surface area contributed by atoms with Crippen LogP contribution < -0.4 is 5.32 Å². The molecular weight excluding hydrogens is 380 g/mol. The summed E-state index contributed by atoms with van der Waals surface area (Å²) in [6.07, 6.45) is 3.09. The number of nitrogens with zero attached hydrogens (tertiary/aromatic N) is 3. The first kappa shape index (κ1) is 20.8. The number of hydrogen-bond donors (Lipinski definition) is 1. The van der Waals surface area contributed by atoms with Crippen LogP contribution in [0.4, 0.5) is 5.82 Å². The summed E-state index contributed by atoms with van der Waals surface area (Å²) >= 11 is 0. The van der Waals surface area contributed by atoms with Crippen molar-refractivity contribution < 1.29 is 17.6 Å². The van der Waals surface area contributed by atoms with Gasteiger partial charge in [0.2, 0.25) is 10.0 Å². The Morgan fingerprint density at radius 3 is 2.54 bits per heavy atom. The van der Waals surface area contributed by atoms with Crippen LogP contribution in [0.2, 0.25) is 0 Å². The van der Waals surface area contributed by atoms with Gasteiger partial charge < -0.3 is 14.5 Å². The number of morpholine rings is 1. The topological polar surface area (TPSA) is 87.9 Å². The number of hydrogen-bond acceptors (Lipinski definition) is 7. The van der Waals surface area contributed by atoms with Gasteiger partial charge in [0.25, 0.3) is 0 Å². The third kappa shape index (κ3) is 4.72. The first-order valence-electron chi connectivity index (χ1n) is 9.61. The van der Waals surface area contributed by atoms with Gasteiger partial charge in [-0.1, -0.05) is 13.8 Å². The summed E-state index contributed by atoms with van der Waals surface area (Å²) in [7, 11) is -3.53. The van der Waals surface area contributed by atoms with E-state index in [9.17, 15) is 8.42 Å². The van der Waals surface area contributed by atoms with E-state index in [1.165, 1.54) is 10.5 Å². The maximum absolute atomic E-state index is 12.7. The Morgan fingerprint density at radius 1 is 1.21 bits per heavy atom.